The highest BCUT2D eigenvalue weighted by Gasteiger charge is 2.04. The minimum atomic E-state index is -0.475. The molecule has 0 atom stereocenters. The maximum atomic E-state index is 13.5. The van der Waals surface area contributed by atoms with Gasteiger partial charge in [-0.05, 0) is 31.2 Å². The molecule has 0 unspecified atom stereocenters. The van der Waals surface area contributed by atoms with Crippen molar-refractivity contribution in [2.75, 3.05) is 6.54 Å². The van der Waals surface area contributed by atoms with Gasteiger partial charge in [0.1, 0.15) is 11.6 Å². The Hall–Kier alpha value is -1.71. The van der Waals surface area contributed by atoms with Crippen molar-refractivity contribution in [3.8, 4) is 0 Å². The van der Waals surface area contributed by atoms with Crippen LogP contribution in [-0.4, -0.2) is 22.7 Å². The van der Waals surface area contributed by atoms with Crippen molar-refractivity contribution < 1.29 is 8.78 Å². The van der Waals surface area contributed by atoms with E-state index in [0.717, 1.165) is 23.9 Å². The van der Waals surface area contributed by atoms with Gasteiger partial charge in [0.05, 0.1) is 18.8 Å². The van der Waals surface area contributed by atoms with Gasteiger partial charge in [0, 0.05) is 18.3 Å². The Morgan fingerprint density at radius 2 is 2.09 bits per heavy atom. The number of halogens is 3. The number of hydrogen-bond acceptors (Lipinski definition) is 2. The summed E-state index contributed by atoms with van der Waals surface area (Å²) in [6.07, 6.45) is 1.66. The molecule has 1 aromatic carbocycles. The second-order valence-corrected chi connectivity index (χ2v) is 4.37. The predicted octanol–water partition coefficient (Wildman–Crippen LogP) is 2.56. The van der Waals surface area contributed by atoms with Crippen LogP contribution in [-0.2, 0) is 13.1 Å². The largest absolute Gasteiger partial charge is 0.357 e. The molecule has 0 radical (unpaired) electrons. The summed E-state index contributed by atoms with van der Waals surface area (Å²) in [5.74, 6) is -0.419. The van der Waals surface area contributed by atoms with Crippen molar-refractivity contribution in [2.45, 2.75) is 20.0 Å². The number of aromatic nitrogens is 2. The van der Waals surface area contributed by atoms with E-state index in [1.807, 2.05) is 13.0 Å². The summed E-state index contributed by atoms with van der Waals surface area (Å²) in [5, 5.41) is 12.8. The highest BCUT2D eigenvalue weighted by Crippen LogP contribution is 2.10. The van der Waals surface area contributed by atoms with Gasteiger partial charge in [-0.25, -0.2) is 13.8 Å². The van der Waals surface area contributed by atoms with Gasteiger partial charge in [-0.15, -0.1) is 24.0 Å². The molecule has 0 fully saturated rings. The van der Waals surface area contributed by atoms with Crippen LogP contribution in [0.4, 0.5) is 8.78 Å². The van der Waals surface area contributed by atoms with Crippen LogP contribution >= 0.6 is 24.0 Å². The summed E-state index contributed by atoms with van der Waals surface area (Å²) in [6.45, 7) is 3.16. The van der Waals surface area contributed by atoms with Gasteiger partial charge in [-0.3, -0.25) is 5.10 Å². The lowest BCUT2D eigenvalue weighted by atomic mass is 10.2. The number of guanidine groups is 1. The summed E-state index contributed by atoms with van der Waals surface area (Å²) in [7, 11) is 0. The standard InChI is InChI=1S/C14H17F2N5.HI/c1-2-17-14(19-9-12-5-6-20-21-12)18-8-10-7-11(15)3-4-13(10)16;/h3-7H,2,8-9H2,1H3,(H,20,21)(H2,17,18,19);1H. The van der Waals surface area contributed by atoms with Crippen LogP contribution < -0.4 is 10.6 Å². The van der Waals surface area contributed by atoms with E-state index in [9.17, 15) is 8.78 Å². The lowest BCUT2D eigenvalue weighted by Gasteiger charge is -2.10. The van der Waals surface area contributed by atoms with Gasteiger partial charge in [0.2, 0.25) is 0 Å². The normalized spacial score (nSPS) is 11.0. The van der Waals surface area contributed by atoms with Gasteiger partial charge in [-0.1, -0.05) is 0 Å². The zero-order chi connectivity index (χ0) is 15.1. The molecule has 2 rings (SSSR count). The number of benzene rings is 1. The molecule has 0 aliphatic heterocycles. The summed E-state index contributed by atoms with van der Waals surface area (Å²) >= 11 is 0. The molecule has 120 valence electrons. The highest BCUT2D eigenvalue weighted by atomic mass is 127. The second kappa shape index (κ2) is 9.34. The maximum absolute atomic E-state index is 13.5. The molecule has 8 heteroatoms. The second-order valence-electron chi connectivity index (χ2n) is 4.37. The third-order valence-corrected chi connectivity index (χ3v) is 2.76. The Morgan fingerprint density at radius 3 is 2.77 bits per heavy atom. The minimum Gasteiger partial charge on any atom is -0.357 e. The quantitative estimate of drug-likeness (QED) is 0.395. The Labute approximate surface area is 144 Å². The lowest BCUT2D eigenvalue weighted by molar-refractivity contribution is 0.585. The van der Waals surface area contributed by atoms with Crippen LogP contribution in [0.25, 0.3) is 0 Å². The van der Waals surface area contributed by atoms with Gasteiger partial charge >= 0.3 is 0 Å². The smallest absolute Gasteiger partial charge is 0.191 e. The summed E-state index contributed by atoms with van der Waals surface area (Å²) in [6, 6.07) is 5.18. The third-order valence-electron chi connectivity index (χ3n) is 2.76. The first kappa shape index (κ1) is 18.3. The van der Waals surface area contributed by atoms with Gasteiger partial charge in [0.25, 0.3) is 0 Å². The molecule has 0 saturated carbocycles. The lowest BCUT2D eigenvalue weighted by Crippen LogP contribution is -2.36. The molecule has 3 N–H and O–H groups in total. The fraction of sp³-hybridized carbons (Fsp3) is 0.286. The fourth-order valence-corrected chi connectivity index (χ4v) is 1.73. The first-order valence-corrected chi connectivity index (χ1v) is 6.63. The van der Waals surface area contributed by atoms with Crippen molar-refractivity contribution in [3.05, 3.63) is 53.4 Å². The van der Waals surface area contributed by atoms with Crippen LogP contribution in [0.5, 0.6) is 0 Å². The summed E-state index contributed by atoms with van der Waals surface area (Å²) in [4.78, 5) is 4.24. The van der Waals surface area contributed by atoms with Crippen molar-refractivity contribution in [1.82, 2.24) is 20.8 Å². The van der Waals surface area contributed by atoms with Crippen molar-refractivity contribution in [1.29, 1.82) is 0 Å². The summed E-state index contributed by atoms with van der Waals surface area (Å²) < 4.78 is 26.6. The zero-order valence-corrected chi connectivity index (χ0v) is 14.4. The highest BCUT2D eigenvalue weighted by molar-refractivity contribution is 14.0. The number of nitrogens with zero attached hydrogens (tertiary/aromatic N) is 2. The molecule has 0 aliphatic rings. The van der Waals surface area contributed by atoms with Crippen LogP contribution in [0.2, 0.25) is 0 Å². The molecule has 1 heterocycles. The number of nitrogens with one attached hydrogen (secondary N) is 3. The van der Waals surface area contributed by atoms with E-state index in [-0.39, 0.29) is 36.1 Å². The van der Waals surface area contributed by atoms with E-state index >= 15 is 0 Å². The van der Waals surface area contributed by atoms with Gasteiger partial charge in [0.15, 0.2) is 5.96 Å². The molecule has 0 amide bonds. The van der Waals surface area contributed by atoms with Crippen LogP contribution in [0, 0.1) is 11.6 Å². The average Bonchev–Trinajstić information content (AvgIpc) is 2.98. The van der Waals surface area contributed by atoms with Gasteiger partial charge in [-0.2, -0.15) is 5.10 Å². The zero-order valence-electron chi connectivity index (χ0n) is 12.1. The third kappa shape index (κ3) is 5.58. The van der Waals surface area contributed by atoms with Crippen LogP contribution in [0.3, 0.4) is 0 Å². The Kier molecular flexibility index (Phi) is 7.78. The van der Waals surface area contributed by atoms with Crippen molar-refractivity contribution in [2.24, 2.45) is 4.99 Å². The first-order valence-electron chi connectivity index (χ1n) is 6.63. The van der Waals surface area contributed by atoms with E-state index in [4.69, 9.17) is 0 Å². The molecule has 2 aromatic rings. The molecule has 5 nitrogen and oxygen atoms in total. The molecule has 0 saturated heterocycles. The molecule has 0 aliphatic carbocycles. The predicted molar refractivity (Wildman–Crippen MR) is 92.0 cm³/mol. The minimum absolute atomic E-state index is 0. The molecule has 0 bridgehead atoms. The van der Waals surface area contributed by atoms with Crippen LogP contribution in [0.1, 0.15) is 18.2 Å². The molecule has 1 aromatic heterocycles. The van der Waals surface area contributed by atoms with E-state index in [1.54, 1.807) is 6.20 Å². The van der Waals surface area contributed by atoms with E-state index in [2.05, 4.69) is 25.8 Å². The number of H-pyrrole nitrogens is 1. The number of aromatic amines is 1. The fourth-order valence-electron chi connectivity index (χ4n) is 1.73. The Balaban J connectivity index is 0.00000242. The Bertz CT molecular complexity index is 601. The molecular weight excluding hydrogens is 403 g/mol. The topological polar surface area (TPSA) is 65.1 Å². The monoisotopic (exact) mass is 421 g/mol. The molecule has 0 spiro atoms. The average molecular weight is 421 g/mol. The molecule has 22 heavy (non-hydrogen) atoms. The van der Waals surface area contributed by atoms with Crippen molar-refractivity contribution in [3.63, 3.8) is 0 Å². The number of hydrogen-bond donors (Lipinski definition) is 3. The SMILES string of the molecule is CCNC(=NCc1cc(F)ccc1F)NCc1ccn[nH]1.I. The first-order chi connectivity index (χ1) is 10.2. The molecular formula is C14H18F2IN5. The number of aliphatic imine (C=N–C) groups is 1. The van der Waals surface area contributed by atoms with Crippen molar-refractivity contribution >= 4 is 29.9 Å². The van der Waals surface area contributed by atoms with E-state index < -0.39 is 11.6 Å². The summed E-state index contributed by atoms with van der Waals surface area (Å²) in [5.41, 5.74) is 1.12. The maximum Gasteiger partial charge on any atom is 0.191 e. The Morgan fingerprint density at radius 1 is 1.27 bits per heavy atom. The van der Waals surface area contributed by atoms with E-state index in [1.165, 1.54) is 0 Å². The number of rotatable bonds is 5. The van der Waals surface area contributed by atoms with E-state index in [0.29, 0.717) is 19.0 Å². The van der Waals surface area contributed by atoms with Crippen LogP contribution in [0.15, 0.2) is 35.5 Å². The van der Waals surface area contributed by atoms with Gasteiger partial charge < -0.3 is 10.6 Å².